The van der Waals surface area contributed by atoms with Gasteiger partial charge in [-0.15, -0.1) is 0 Å². The van der Waals surface area contributed by atoms with Crippen LogP contribution in [0, 0.1) is 0 Å². The maximum Gasteiger partial charge on any atom is 0.192 e. The number of aromatic nitrogens is 3. The summed E-state index contributed by atoms with van der Waals surface area (Å²) in [6.07, 6.45) is 0. The predicted molar refractivity (Wildman–Crippen MR) is 71.6 cm³/mol. The Morgan fingerprint density at radius 2 is 1.89 bits per heavy atom. The molecule has 90 valence electrons. The molecule has 0 aliphatic rings. The fourth-order valence-corrected chi connectivity index (χ4v) is 1.88. The number of hydrogen-bond donors (Lipinski definition) is 2. The minimum atomic E-state index is 0.590. The fraction of sp³-hybridized carbons (Fsp3) is 0. The molecule has 1 aromatic carbocycles. The molecule has 0 saturated carbocycles. The average molecular weight is 305 g/mol. The normalized spacial score (nSPS) is 10.7. The summed E-state index contributed by atoms with van der Waals surface area (Å²) < 4.78 is 6.06. The zero-order valence-electron chi connectivity index (χ0n) is 9.22. The van der Waals surface area contributed by atoms with Gasteiger partial charge in [0, 0.05) is 11.3 Å². The number of halogens is 1. The van der Waals surface area contributed by atoms with Crippen molar-refractivity contribution in [3.05, 3.63) is 41.1 Å². The van der Waals surface area contributed by atoms with Crippen LogP contribution in [0.15, 0.2) is 45.5 Å². The summed E-state index contributed by atoms with van der Waals surface area (Å²) in [6, 6.07) is 11.0. The van der Waals surface area contributed by atoms with E-state index in [0.717, 1.165) is 5.56 Å². The lowest BCUT2D eigenvalue weighted by Crippen LogP contribution is -1.85. The van der Waals surface area contributed by atoms with E-state index in [1.165, 1.54) is 0 Å². The Morgan fingerprint density at radius 3 is 2.56 bits per heavy atom. The lowest BCUT2D eigenvalue weighted by atomic mass is 10.2. The molecule has 2 heterocycles. The zero-order valence-corrected chi connectivity index (χ0v) is 10.8. The Hall–Kier alpha value is -2.08. The molecule has 0 fully saturated rings. The van der Waals surface area contributed by atoms with Gasteiger partial charge in [0.15, 0.2) is 22.1 Å². The van der Waals surface area contributed by atoms with Crippen LogP contribution in [0.2, 0.25) is 0 Å². The van der Waals surface area contributed by atoms with E-state index in [1.807, 2.05) is 30.3 Å². The number of nitrogens with zero attached hydrogens (tertiary/aromatic N) is 2. The number of anilines is 1. The summed E-state index contributed by atoms with van der Waals surface area (Å²) in [6.45, 7) is 0. The number of benzene rings is 1. The predicted octanol–water partition coefficient (Wildman–Crippen LogP) is 3.08. The Kier molecular flexibility index (Phi) is 2.64. The second-order valence-electron chi connectivity index (χ2n) is 3.73. The van der Waals surface area contributed by atoms with E-state index < -0.39 is 0 Å². The molecule has 0 unspecified atom stereocenters. The van der Waals surface area contributed by atoms with E-state index in [2.05, 4.69) is 31.1 Å². The number of rotatable bonds is 2. The number of nitrogens with two attached hydrogens (primary N) is 1. The quantitative estimate of drug-likeness (QED) is 0.713. The van der Waals surface area contributed by atoms with Gasteiger partial charge in [-0.1, -0.05) is 0 Å². The summed E-state index contributed by atoms with van der Waals surface area (Å²) in [5, 5.41) is 6.99. The monoisotopic (exact) mass is 304 g/mol. The first kappa shape index (κ1) is 11.0. The van der Waals surface area contributed by atoms with E-state index in [1.54, 1.807) is 6.07 Å². The van der Waals surface area contributed by atoms with Crippen molar-refractivity contribution in [2.45, 2.75) is 0 Å². The third-order valence-corrected chi connectivity index (χ3v) is 2.89. The van der Waals surface area contributed by atoms with Crippen molar-refractivity contribution < 1.29 is 4.42 Å². The largest absolute Gasteiger partial charge is 0.446 e. The van der Waals surface area contributed by atoms with Crippen LogP contribution in [0.25, 0.3) is 23.0 Å². The Morgan fingerprint density at radius 1 is 1.11 bits per heavy atom. The standard InChI is InChI=1S/C12H9BrN4O/c13-10-6-5-9(18-10)12-15-11(16-17-12)7-1-3-8(14)4-2-7/h1-6H,14H2,(H,15,16,17). The first-order valence-electron chi connectivity index (χ1n) is 5.26. The molecule has 3 aromatic rings. The molecule has 0 spiro atoms. The molecule has 5 nitrogen and oxygen atoms in total. The van der Waals surface area contributed by atoms with Crippen LogP contribution in [-0.4, -0.2) is 15.2 Å². The maximum atomic E-state index is 5.63. The van der Waals surface area contributed by atoms with Gasteiger partial charge in [0.2, 0.25) is 0 Å². The minimum Gasteiger partial charge on any atom is -0.446 e. The van der Waals surface area contributed by atoms with Crippen molar-refractivity contribution in [2.75, 3.05) is 5.73 Å². The van der Waals surface area contributed by atoms with Gasteiger partial charge in [-0.05, 0) is 52.3 Å². The van der Waals surface area contributed by atoms with Gasteiger partial charge in [0.05, 0.1) is 0 Å². The number of aromatic amines is 1. The molecular weight excluding hydrogens is 296 g/mol. The minimum absolute atomic E-state index is 0.590. The third-order valence-electron chi connectivity index (χ3n) is 2.46. The molecule has 0 saturated heterocycles. The van der Waals surface area contributed by atoms with Crippen LogP contribution in [0.5, 0.6) is 0 Å². The van der Waals surface area contributed by atoms with E-state index in [4.69, 9.17) is 10.2 Å². The summed E-state index contributed by atoms with van der Waals surface area (Å²) in [5.41, 5.74) is 7.25. The highest BCUT2D eigenvalue weighted by Crippen LogP contribution is 2.24. The highest BCUT2D eigenvalue weighted by atomic mass is 79.9. The number of nitrogen functional groups attached to an aromatic ring is 1. The first-order valence-corrected chi connectivity index (χ1v) is 6.06. The Bertz CT molecular complexity index is 671. The number of H-pyrrole nitrogens is 1. The first-order chi connectivity index (χ1) is 8.72. The Labute approximate surface area is 111 Å². The lowest BCUT2D eigenvalue weighted by molar-refractivity contribution is 0.551. The third kappa shape index (κ3) is 2.02. The van der Waals surface area contributed by atoms with E-state index in [-0.39, 0.29) is 0 Å². The van der Waals surface area contributed by atoms with Crippen LogP contribution in [-0.2, 0) is 0 Å². The second-order valence-corrected chi connectivity index (χ2v) is 4.51. The molecule has 3 rings (SSSR count). The van der Waals surface area contributed by atoms with E-state index in [0.29, 0.717) is 27.8 Å². The van der Waals surface area contributed by atoms with Gasteiger partial charge in [-0.3, -0.25) is 5.10 Å². The van der Waals surface area contributed by atoms with Crippen LogP contribution in [0.3, 0.4) is 0 Å². The van der Waals surface area contributed by atoms with Crippen molar-refractivity contribution >= 4 is 21.6 Å². The molecule has 2 aromatic heterocycles. The van der Waals surface area contributed by atoms with Gasteiger partial charge in [-0.2, -0.15) is 5.10 Å². The number of hydrogen-bond acceptors (Lipinski definition) is 4. The topological polar surface area (TPSA) is 80.7 Å². The number of furan rings is 1. The molecule has 18 heavy (non-hydrogen) atoms. The van der Waals surface area contributed by atoms with E-state index in [9.17, 15) is 0 Å². The molecule has 0 aliphatic carbocycles. The second kappa shape index (κ2) is 4.30. The van der Waals surface area contributed by atoms with Gasteiger partial charge < -0.3 is 10.2 Å². The summed E-state index contributed by atoms with van der Waals surface area (Å²) in [5.74, 6) is 1.83. The van der Waals surface area contributed by atoms with Crippen molar-refractivity contribution in [3.8, 4) is 23.0 Å². The average Bonchev–Trinajstić information content (AvgIpc) is 2.98. The Balaban J connectivity index is 1.96. The summed E-state index contributed by atoms with van der Waals surface area (Å²) in [4.78, 5) is 4.37. The summed E-state index contributed by atoms with van der Waals surface area (Å²) in [7, 11) is 0. The highest BCUT2D eigenvalue weighted by molar-refractivity contribution is 9.10. The van der Waals surface area contributed by atoms with Crippen molar-refractivity contribution in [1.82, 2.24) is 15.2 Å². The van der Waals surface area contributed by atoms with E-state index >= 15 is 0 Å². The van der Waals surface area contributed by atoms with Crippen molar-refractivity contribution in [3.63, 3.8) is 0 Å². The highest BCUT2D eigenvalue weighted by Gasteiger charge is 2.10. The molecule has 0 radical (unpaired) electrons. The molecular formula is C12H9BrN4O. The molecule has 0 bridgehead atoms. The van der Waals surface area contributed by atoms with Crippen LogP contribution in [0.1, 0.15) is 0 Å². The van der Waals surface area contributed by atoms with Gasteiger partial charge in [-0.25, -0.2) is 4.98 Å². The van der Waals surface area contributed by atoms with Gasteiger partial charge >= 0.3 is 0 Å². The van der Waals surface area contributed by atoms with Crippen LogP contribution < -0.4 is 5.73 Å². The van der Waals surface area contributed by atoms with Gasteiger partial charge in [0.25, 0.3) is 0 Å². The molecule has 6 heteroatoms. The zero-order chi connectivity index (χ0) is 12.5. The van der Waals surface area contributed by atoms with Crippen LogP contribution in [0.4, 0.5) is 5.69 Å². The molecule has 0 amide bonds. The molecule has 0 atom stereocenters. The smallest absolute Gasteiger partial charge is 0.192 e. The lowest BCUT2D eigenvalue weighted by Gasteiger charge is -1.95. The van der Waals surface area contributed by atoms with Crippen molar-refractivity contribution in [2.24, 2.45) is 0 Å². The van der Waals surface area contributed by atoms with Crippen molar-refractivity contribution in [1.29, 1.82) is 0 Å². The van der Waals surface area contributed by atoms with Crippen LogP contribution >= 0.6 is 15.9 Å². The fourth-order valence-electron chi connectivity index (χ4n) is 1.57. The summed E-state index contributed by atoms with van der Waals surface area (Å²) >= 11 is 3.25. The molecule has 3 N–H and O–H groups in total. The maximum absolute atomic E-state index is 5.63. The number of nitrogens with one attached hydrogen (secondary N) is 1. The SMILES string of the molecule is Nc1ccc(-c2n[nH]c(-c3ccc(Br)o3)n2)cc1. The van der Waals surface area contributed by atoms with Gasteiger partial charge in [0.1, 0.15) is 0 Å². The molecule has 0 aliphatic heterocycles.